The van der Waals surface area contributed by atoms with Crippen LogP contribution in [0.4, 0.5) is 0 Å². The van der Waals surface area contributed by atoms with Crippen molar-refractivity contribution in [2.45, 2.75) is 18.6 Å². The van der Waals surface area contributed by atoms with Crippen molar-refractivity contribution in [3.05, 3.63) is 28.8 Å². The summed E-state index contributed by atoms with van der Waals surface area (Å²) in [6.45, 7) is 0. The van der Waals surface area contributed by atoms with E-state index in [2.05, 4.69) is 4.74 Å². The highest BCUT2D eigenvalue weighted by atomic mass is 35.5. The molecule has 1 aromatic carbocycles. The minimum absolute atomic E-state index is 0.0478. The molecule has 0 amide bonds. The first-order chi connectivity index (χ1) is 7.95. The number of methoxy groups -OCH3 is 1. The Labute approximate surface area is 103 Å². The molecule has 2 atom stereocenters. The third-order valence-corrected chi connectivity index (χ3v) is 2.60. The van der Waals surface area contributed by atoms with Crippen LogP contribution in [-0.4, -0.2) is 34.5 Å². The molecule has 0 spiro atoms. The van der Waals surface area contributed by atoms with Crippen LogP contribution in [0.5, 0.6) is 5.75 Å². The summed E-state index contributed by atoms with van der Waals surface area (Å²) in [5, 5.41) is 28.6. The number of rotatable bonds is 4. The van der Waals surface area contributed by atoms with Crippen LogP contribution < -0.4 is 0 Å². The molecule has 17 heavy (non-hydrogen) atoms. The Morgan fingerprint density at radius 2 is 2.12 bits per heavy atom. The highest BCUT2D eigenvalue weighted by molar-refractivity contribution is 6.31. The molecule has 1 aromatic rings. The second-order valence-electron chi connectivity index (χ2n) is 3.50. The minimum Gasteiger partial charge on any atom is -0.508 e. The molecule has 0 bridgehead atoms. The quantitative estimate of drug-likeness (QED) is 0.703. The highest BCUT2D eigenvalue weighted by Crippen LogP contribution is 2.29. The van der Waals surface area contributed by atoms with Gasteiger partial charge in [-0.2, -0.15) is 0 Å². The maximum absolute atomic E-state index is 10.9. The number of benzene rings is 1. The number of phenolic OH excluding ortho intramolecular Hbond substituents is 1. The van der Waals surface area contributed by atoms with Gasteiger partial charge < -0.3 is 20.1 Å². The summed E-state index contributed by atoms with van der Waals surface area (Å²) in [7, 11) is 1.19. The fourth-order valence-corrected chi connectivity index (χ4v) is 1.62. The third kappa shape index (κ3) is 3.59. The van der Waals surface area contributed by atoms with Crippen molar-refractivity contribution in [1.82, 2.24) is 0 Å². The van der Waals surface area contributed by atoms with Gasteiger partial charge in [0.05, 0.1) is 24.7 Å². The van der Waals surface area contributed by atoms with E-state index < -0.39 is 18.2 Å². The number of phenols is 1. The predicted octanol–water partition coefficient (Wildman–Crippen LogP) is 1.00. The number of hydrogen-bond donors (Lipinski definition) is 3. The van der Waals surface area contributed by atoms with E-state index in [0.717, 1.165) is 0 Å². The van der Waals surface area contributed by atoms with Crippen LogP contribution in [0.2, 0.25) is 5.02 Å². The lowest BCUT2D eigenvalue weighted by Crippen LogP contribution is -2.22. The van der Waals surface area contributed by atoms with E-state index in [1.807, 2.05) is 0 Å². The van der Waals surface area contributed by atoms with Crippen molar-refractivity contribution in [2.24, 2.45) is 0 Å². The van der Waals surface area contributed by atoms with E-state index in [9.17, 15) is 15.0 Å². The van der Waals surface area contributed by atoms with Crippen LogP contribution in [-0.2, 0) is 9.53 Å². The number of aliphatic hydroxyl groups is 2. The average molecular weight is 261 g/mol. The summed E-state index contributed by atoms with van der Waals surface area (Å²) < 4.78 is 4.37. The summed E-state index contributed by atoms with van der Waals surface area (Å²) in [6, 6.07) is 3.95. The Hall–Kier alpha value is -1.30. The SMILES string of the molecule is COC(=O)CC(O)C(O)c1ccc(O)cc1Cl. The Bertz CT molecular complexity index is 407. The minimum atomic E-state index is -1.32. The number of hydrogen-bond acceptors (Lipinski definition) is 5. The van der Waals surface area contributed by atoms with Crippen molar-refractivity contribution >= 4 is 17.6 Å². The molecule has 0 heterocycles. The van der Waals surface area contributed by atoms with Crippen LogP contribution >= 0.6 is 11.6 Å². The van der Waals surface area contributed by atoms with Crippen molar-refractivity contribution in [2.75, 3.05) is 7.11 Å². The van der Waals surface area contributed by atoms with Crippen molar-refractivity contribution in [1.29, 1.82) is 0 Å². The Kier molecular flexibility index (Phi) is 4.74. The Morgan fingerprint density at radius 1 is 1.47 bits per heavy atom. The van der Waals surface area contributed by atoms with Gasteiger partial charge in [0.15, 0.2) is 0 Å². The van der Waals surface area contributed by atoms with Gasteiger partial charge in [-0.3, -0.25) is 4.79 Å². The van der Waals surface area contributed by atoms with E-state index in [4.69, 9.17) is 16.7 Å². The molecule has 0 aliphatic carbocycles. The summed E-state index contributed by atoms with van der Waals surface area (Å²) >= 11 is 5.79. The van der Waals surface area contributed by atoms with E-state index in [1.54, 1.807) is 0 Å². The number of carbonyl (C=O) groups is 1. The van der Waals surface area contributed by atoms with Crippen molar-refractivity contribution in [3.8, 4) is 5.75 Å². The van der Waals surface area contributed by atoms with Gasteiger partial charge in [0.25, 0.3) is 0 Å². The normalized spacial score (nSPS) is 14.1. The second-order valence-corrected chi connectivity index (χ2v) is 3.91. The molecule has 0 aliphatic heterocycles. The molecular formula is C11H13ClO5. The molecule has 3 N–H and O–H groups in total. The first kappa shape index (κ1) is 13.8. The standard InChI is InChI=1S/C11H13ClO5/c1-17-10(15)5-9(14)11(16)7-3-2-6(13)4-8(7)12/h2-4,9,11,13-14,16H,5H2,1H3. The van der Waals surface area contributed by atoms with Crippen LogP contribution in [0.15, 0.2) is 18.2 Å². The molecule has 1 rings (SSSR count). The summed E-state index contributed by atoms with van der Waals surface area (Å²) in [5.74, 6) is -0.681. The zero-order valence-corrected chi connectivity index (χ0v) is 9.89. The first-order valence-corrected chi connectivity index (χ1v) is 5.25. The molecule has 6 heteroatoms. The van der Waals surface area contributed by atoms with Gasteiger partial charge in [0.1, 0.15) is 11.9 Å². The predicted molar refractivity (Wildman–Crippen MR) is 60.7 cm³/mol. The van der Waals surface area contributed by atoms with Crippen molar-refractivity contribution < 1.29 is 24.9 Å². The monoisotopic (exact) mass is 260 g/mol. The van der Waals surface area contributed by atoms with E-state index >= 15 is 0 Å². The fraction of sp³-hybridized carbons (Fsp3) is 0.364. The molecule has 0 saturated carbocycles. The third-order valence-electron chi connectivity index (χ3n) is 2.27. The maximum atomic E-state index is 10.9. The number of halogens is 1. The Balaban J connectivity index is 2.81. The average Bonchev–Trinajstić information content (AvgIpc) is 2.28. The lowest BCUT2D eigenvalue weighted by atomic mass is 10.0. The number of carbonyl (C=O) groups excluding carboxylic acids is 1. The summed E-state index contributed by atoms with van der Waals surface area (Å²) in [4.78, 5) is 10.9. The van der Waals surface area contributed by atoms with Crippen LogP contribution in [0.1, 0.15) is 18.1 Å². The number of ether oxygens (including phenoxy) is 1. The van der Waals surface area contributed by atoms with Gasteiger partial charge in [-0.15, -0.1) is 0 Å². The molecule has 5 nitrogen and oxygen atoms in total. The van der Waals surface area contributed by atoms with Gasteiger partial charge in [-0.1, -0.05) is 17.7 Å². The first-order valence-electron chi connectivity index (χ1n) is 4.87. The van der Waals surface area contributed by atoms with Crippen LogP contribution in [0.3, 0.4) is 0 Å². The zero-order valence-electron chi connectivity index (χ0n) is 9.13. The van der Waals surface area contributed by atoms with Gasteiger partial charge in [-0.05, 0) is 12.1 Å². The molecule has 0 radical (unpaired) electrons. The molecule has 94 valence electrons. The van der Waals surface area contributed by atoms with Gasteiger partial charge >= 0.3 is 5.97 Å². The largest absolute Gasteiger partial charge is 0.508 e. The molecule has 0 saturated heterocycles. The zero-order chi connectivity index (χ0) is 13.0. The van der Waals surface area contributed by atoms with Gasteiger partial charge in [0.2, 0.25) is 0 Å². The van der Waals surface area contributed by atoms with Crippen molar-refractivity contribution in [3.63, 3.8) is 0 Å². The molecule has 0 aliphatic rings. The Morgan fingerprint density at radius 3 is 2.65 bits per heavy atom. The number of aliphatic hydroxyl groups excluding tert-OH is 2. The molecule has 2 unspecified atom stereocenters. The molecular weight excluding hydrogens is 248 g/mol. The smallest absolute Gasteiger partial charge is 0.308 e. The van der Waals surface area contributed by atoms with Crippen LogP contribution in [0.25, 0.3) is 0 Å². The summed E-state index contributed by atoms with van der Waals surface area (Å²) in [6.07, 6.45) is -2.97. The topological polar surface area (TPSA) is 87.0 Å². The molecule has 0 fully saturated rings. The van der Waals surface area contributed by atoms with E-state index in [1.165, 1.54) is 25.3 Å². The lowest BCUT2D eigenvalue weighted by Gasteiger charge is -2.18. The second kappa shape index (κ2) is 5.86. The van der Waals surface area contributed by atoms with E-state index in [0.29, 0.717) is 0 Å². The highest BCUT2D eigenvalue weighted by Gasteiger charge is 2.23. The van der Waals surface area contributed by atoms with Gasteiger partial charge in [0, 0.05) is 5.56 Å². The number of esters is 1. The van der Waals surface area contributed by atoms with E-state index in [-0.39, 0.29) is 22.8 Å². The summed E-state index contributed by atoms with van der Waals surface area (Å²) in [5.41, 5.74) is 0.237. The maximum Gasteiger partial charge on any atom is 0.308 e. The van der Waals surface area contributed by atoms with Crippen LogP contribution in [0, 0.1) is 0 Å². The van der Waals surface area contributed by atoms with Gasteiger partial charge in [-0.25, -0.2) is 0 Å². The number of aromatic hydroxyl groups is 1. The molecule has 0 aromatic heterocycles. The fourth-order valence-electron chi connectivity index (χ4n) is 1.33. The lowest BCUT2D eigenvalue weighted by molar-refractivity contribution is -0.144.